The van der Waals surface area contributed by atoms with Crippen LogP contribution in [0, 0.1) is 5.41 Å². The van der Waals surface area contributed by atoms with Crippen LogP contribution in [-0.2, 0) is 0 Å². The number of nitrogens with zero attached hydrogens (tertiary/aromatic N) is 1. The topological polar surface area (TPSA) is 38.5 Å². The highest BCUT2D eigenvalue weighted by Gasteiger charge is 2.29. The average molecular weight is 290 g/mol. The number of nitrogen functional groups attached to an aromatic ring is 1. The Balaban J connectivity index is 2.10. The van der Waals surface area contributed by atoms with Crippen LogP contribution in [0.5, 0.6) is 5.75 Å². The van der Waals surface area contributed by atoms with Gasteiger partial charge in [0, 0.05) is 24.8 Å². The second-order valence-electron chi connectivity index (χ2n) is 7.40. The van der Waals surface area contributed by atoms with Gasteiger partial charge >= 0.3 is 0 Å². The van der Waals surface area contributed by atoms with Gasteiger partial charge in [-0.15, -0.1) is 0 Å². The molecule has 0 spiro atoms. The molecule has 0 atom stereocenters. The summed E-state index contributed by atoms with van der Waals surface area (Å²) in [6, 6.07) is 6.75. The van der Waals surface area contributed by atoms with Gasteiger partial charge in [-0.1, -0.05) is 13.8 Å². The summed E-state index contributed by atoms with van der Waals surface area (Å²) in [6.07, 6.45) is 5.25. The summed E-state index contributed by atoms with van der Waals surface area (Å²) in [4.78, 5) is 2.39. The molecule has 1 aliphatic carbocycles. The maximum absolute atomic E-state index is 6.01. The van der Waals surface area contributed by atoms with Crippen molar-refractivity contribution in [2.24, 2.45) is 5.41 Å². The molecule has 0 aromatic heterocycles. The first kappa shape index (κ1) is 16.0. The molecular formula is C18H30N2O. The zero-order chi connectivity index (χ0) is 15.6. The van der Waals surface area contributed by atoms with Gasteiger partial charge in [-0.3, -0.25) is 0 Å². The molecule has 1 saturated carbocycles. The molecule has 0 aliphatic heterocycles. The number of nitrogens with two attached hydrogens (primary N) is 1. The monoisotopic (exact) mass is 290 g/mol. The minimum Gasteiger partial charge on any atom is -0.489 e. The SMILES string of the molecule is CC(C)Oc1cc(N(C)C2CCC(C)(C)CC2)ccc1N. The molecule has 0 heterocycles. The van der Waals surface area contributed by atoms with E-state index in [0.29, 0.717) is 17.1 Å². The number of hydrogen-bond acceptors (Lipinski definition) is 3. The Morgan fingerprint density at radius 2 is 1.86 bits per heavy atom. The normalized spacial score (nSPS) is 18.8. The lowest BCUT2D eigenvalue weighted by atomic mass is 9.75. The molecule has 0 bridgehead atoms. The van der Waals surface area contributed by atoms with Gasteiger partial charge in [0.05, 0.1) is 11.8 Å². The Morgan fingerprint density at radius 1 is 1.24 bits per heavy atom. The smallest absolute Gasteiger partial charge is 0.144 e. The lowest BCUT2D eigenvalue weighted by molar-refractivity contribution is 0.222. The number of ether oxygens (including phenoxy) is 1. The molecule has 3 nitrogen and oxygen atoms in total. The molecule has 2 N–H and O–H groups in total. The molecule has 0 amide bonds. The highest BCUT2D eigenvalue weighted by Crippen LogP contribution is 2.38. The van der Waals surface area contributed by atoms with E-state index >= 15 is 0 Å². The van der Waals surface area contributed by atoms with Crippen LogP contribution in [-0.4, -0.2) is 19.2 Å². The third kappa shape index (κ3) is 4.05. The van der Waals surface area contributed by atoms with Crippen LogP contribution >= 0.6 is 0 Å². The van der Waals surface area contributed by atoms with Gasteiger partial charge in [0.25, 0.3) is 0 Å². The van der Waals surface area contributed by atoms with Gasteiger partial charge in [-0.05, 0) is 57.1 Å². The summed E-state index contributed by atoms with van der Waals surface area (Å²) in [5.74, 6) is 0.797. The summed E-state index contributed by atoms with van der Waals surface area (Å²) in [5, 5.41) is 0. The maximum atomic E-state index is 6.01. The lowest BCUT2D eigenvalue weighted by Gasteiger charge is -2.39. The summed E-state index contributed by atoms with van der Waals surface area (Å²) >= 11 is 0. The van der Waals surface area contributed by atoms with E-state index in [1.54, 1.807) is 0 Å². The molecule has 1 aromatic carbocycles. The first-order chi connectivity index (χ1) is 9.78. The zero-order valence-corrected chi connectivity index (χ0v) is 14.1. The molecule has 1 fully saturated rings. The summed E-state index contributed by atoms with van der Waals surface area (Å²) < 4.78 is 5.80. The first-order valence-electron chi connectivity index (χ1n) is 8.07. The van der Waals surface area contributed by atoms with Gasteiger partial charge < -0.3 is 15.4 Å². The van der Waals surface area contributed by atoms with Gasteiger partial charge in [0.2, 0.25) is 0 Å². The van der Waals surface area contributed by atoms with Crippen molar-refractivity contribution in [3.63, 3.8) is 0 Å². The van der Waals surface area contributed by atoms with Crippen LogP contribution in [0.1, 0.15) is 53.4 Å². The second kappa shape index (κ2) is 6.17. The van der Waals surface area contributed by atoms with E-state index in [0.717, 1.165) is 5.75 Å². The third-order valence-corrected chi connectivity index (χ3v) is 4.62. The molecule has 0 saturated heterocycles. The van der Waals surface area contributed by atoms with E-state index < -0.39 is 0 Å². The third-order valence-electron chi connectivity index (χ3n) is 4.62. The van der Waals surface area contributed by atoms with Crippen LogP contribution in [0.4, 0.5) is 11.4 Å². The van der Waals surface area contributed by atoms with Crippen molar-refractivity contribution in [2.45, 2.75) is 65.5 Å². The Bertz CT molecular complexity index is 472. The summed E-state index contributed by atoms with van der Waals surface area (Å²) in [7, 11) is 2.19. The number of anilines is 2. The lowest BCUT2D eigenvalue weighted by Crippen LogP contribution is -2.37. The van der Waals surface area contributed by atoms with Gasteiger partial charge in [-0.25, -0.2) is 0 Å². The predicted octanol–water partition coefficient (Wildman–Crippen LogP) is 4.46. The van der Waals surface area contributed by atoms with Crippen molar-refractivity contribution in [2.75, 3.05) is 17.7 Å². The van der Waals surface area contributed by atoms with Crippen LogP contribution in [0.25, 0.3) is 0 Å². The zero-order valence-electron chi connectivity index (χ0n) is 14.1. The molecule has 0 unspecified atom stereocenters. The van der Waals surface area contributed by atoms with Gasteiger partial charge in [0.1, 0.15) is 5.75 Å². The predicted molar refractivity (Wildman–Crippen MR) is 91.1 cm³/mol. The number of rotatable bonds is 4. The van der Waals surface area contributed by atoms with Gasteiger partial charge in [-0.2, -0.15) is 0 Å². The summed E-state index contributed by atoms with van der Waals surface area (Å²) in [5.41, 5.74) is 8.42. The van der Waals surface area contributed by atoms with Crippen molar-refractivity contribution in [3.8, 4) is 5.75 Å². The fraction of sp³-hybridized carbons (Fsp3) is 0.667. The second-order valence-corrected chi connectivity index (χ2v) is 7.40. The van der Waals surface area contributed by atoms with Crippen LogP contribution in [0.15, 0.2) is 18.2 Å². The van der Waals surface area contributed by atoms with E-state index in [1.165, 1.54) is 31.4 Å². The Hall–Kier alpha value is -1.38. The largest absolute Gasteiger partial charge is 0.489 e. The molecule has 1 aromatic rings. The molecule has 0 radical (unpaired) electrons. The average Bonchev–Trinajstić information content (AvgIpc) is 2.40. The van der Waals surface area contributed by atoms with Crippen molar-refractivity contribution in [3.05, 3.63) is 18.2 Å². The molecule has 1 aliphatic rings. The molecule has 118 valence electrons. The van der Waals surface area contributed by atoms with Crippen molar-refractivity contribution in [1.82, 2.24) is 0 Å². The van der Waals surface area contributed by atoms with Gasteiger partial charge in [0.15, 0.2) is 0 Å². The van der Waals surface area contributed by atoms with Crippen molar-refractivity contribution < 1.29 is 4.74 Å². The van der Waals surface area contributed by atoms with E-state index in [1.807, 2.05) is 19.9 Å². The maximum Gasteiger partial charge on any atom is 0.144 e. The van der Waals surface area contributed by atoms with Crippen LogP contribution in [0.2, 0.25) is 0 Å². The van der Waals surface area contributed by atoms with Crippen molar-refractivity contribution >= 4 is 11.4 Å². The van der Waals surface area contributed by atoms with E-state index in [2.05, 4.69) is 37.9 Å². The Morgan fingerprint density at radius 3 is 2.43 bits per heavy atom. The fourth-order valence-electron chi connectivity index (χ4n) is 3.08. The standard InChI is InChI=1S/C18H30N2O/c1-13(2)21-17-12-15(6-7-16(17)19)20(5)14-8-10-18(3,4)11-9-14/h6-7,12-14H,8-11,19H2,1-5H3. The minimum atomic E-state index is 0.142. The first-order valence-corrected chi connectivity index (χ1v) is 8.07. The number of hydrogen-bond donors (Lipinski definition) is 1. The molecule has 3 heteroatoms. The molecule has 2 rings (SSSR count). The highest BCUT2D eigenvalue weighted by atomic mass is 16.5. The number of benzene rings is 1. The van der Waals surface area contributed by atoms with E-state index in [4.69, 9.17) is 10.5 Å². The molecular weight excluding hydrogens is 260 g/mol. The van der Waals surface area contributed by atoms with E-state index in [-0.39, 0.29) is 6.10 Å². The van der Waals surface area contributed by atoms with E-state index in [9.17, 15) is 0 Å². The van der Waals surface area contributed by atoms with Crippen LogP contribution in [0.3, 0.4) is 0 Å². The summed E-state index contributed by atoms with van der Waals surface area (Å²) in [6.45, 7) is 8.81. The quantitative estimate of drug-likeness (QED) is 0.832. The minimum absolute atomic E-state index is 0.142. The van der Waals surface area contributed by atoms with Crippen molar-refractivity contribution in [1.29, 1.82) is 0 Å². The highest BCUT2D eigenvalue weighted by molar-refractivity contribution is 5.62. The fourth-order valence-corrected chi connectivity index (χ4v) is 3.08. The Kier molecular flexibility index (Phi) is 4.70. The van der Waals surface area contributed by atoms with Crippen LogP contribution < -0.4 is 15.4 Å². The molecule has 21 heavy (non-hydrogen) atoms. The Labute approximate surface area is 129 Å².